The summed E-state index contributed by atoms with van der Waals surface area (Å²) in [5.41, 5.74) is 1.19. The summed E-state index contributed by atoms with van der Waals surface area (Å²) in [4.78, 5) is 12.2. The Hall–Kier alpha value is -1.06. The number of nitrogens with one attached hydrogen (secondary N) is 1. The zero-order valence-electron chi connectivity index (χ0n) is 12.2. The molecule has 1 aromatic carbocycles. The molecular weight excluding hydrogens is 272 g/mol. The van der Waals surface area contributed by atoms with Gasteiger partial charge >= 0.3 is 0 Å². The van der Waals surface area contributed by atoms with Gasteiger partial charge in [0.25, 0.3) is 5.91 Å². The Morgan fingerprint density at radius 3 is 2.45 bits per heavy atom. The summed E-state index contributed by atoms with van der Waals surface area (Å²) in [6.45, 7) is 4.08. The van der Waals surface area contributed by atoms with E-state index in [2.05, 4.69) is 17.6 Å². The zero-order valence-corrected chi connectivity index (χ0v) is 13.0. The van der Waals surface area contributed by atoms with Gasteiger partial charge in [-0.1, -0.05) is 36.6 Å². The van der Waals surface area contributed by atoms with Crippen LogP contribution in [-0.2, 0) is 4.79 Å². The van der Waals surface area contributed by atoms with E-state index in [1.54, 1.807) is 0 Å². The van der Waals surface area contributed by atoms with Gasteiger partial charge in [-0.05, 0) is 38.8 Å². The molecule has 1 aromatic rings. The molecular formula is C16H24ClN2O+. The minimum absolute atomic E-state index is 0.0683. The summed E-state index contributed by atoms with van der Waals surface area (Å²) >= 11 is 5.89. The van der Waals surface area contributed by atoms with E-state index >= 15 is 0 Å². The van der Waals surface area contributed by atoms with E-state index < -0.39 is 0 Å². The van der Waals surface area contributed by atoms with Gasteiger partial charge in [0, 0.05) is 16.6 Å². The number of hydrogen-bond donors (Lipinski definition) is 2. The Bertz CT molecular complexity index is 440. The van der Waals surface area contributed by atoms with Crippen molar-refractivity contribution in [3.8, 4) is 0 Å². The van der Waals surface area contributed by atoms with Crippen molar-refractivity contribution in [2.24, 2.45) is 0 Å². The Balaban J connectivity index is 1.84. The molecule has 1 fully saturated rings. The summed E-state index contributed by atoms with van der Waals surface area (Å²) in [5, 5.41) is 6.00. The average Bonchev–Trinajstić information content (AvgIpc) is 2.92. The normalized spacial score (nSPS) is 18.8. The molecule has 1 saturated carbocycles. The number of halogens is 1. The molecule has 1 aliphatic carbocycles. The number of amides is 1. The van der Waals surface area contributed by atoms with E-state index in [0.717, 1.165) is 17.9 Å². The van der Waals surface area contributed by atoms with Gasteiger partial charge in [0.05, 0.1) is 0 Å². The highest BCUT2D eigenvalue weighted by atomic mass is 35.5. The molecule has 0 aromatic heterocycles. The van der Waals surface area contributed by atoms with Crippen LogP contribution in [0.1, 0.15) is 51.1 Å². The molecule has 0 unspecified atom stereocenters. The first kappa shape index (κ1) is 15.3. The molecule has 2 rings (SSSR count). The van der Waals surface area contributed by atoms with Crippen molar-refractivity contribution in [3.05, 3.63) is 34.9 Å². The summed E-state index contributed by atoms with van der Waals surface area (Å²) in [7, 11) is 0. The summed E-state index contributed by atoms with van der Waals surface area (Å²) in [6.07, 6.45) is 4.74. The Morgan fingerprint density at radius 1 is 1.25 bits per heavy atom. The summed E-state index contributed by atoms with van der Waals surface area (Å²) < 4.78 is 0. The standard InChI is InChI=1S/C16H23ClN2O/c1-11(13-7-9-14(17)10-8-13)18-12(2)16(20)19-15-5-3-4-6-15/h7-12,15,18H,3-6H2,1-2H3,(H,19,20)/p+1/t11-,12-/m1/s1. The fraction of sp³-hybridized carbons (Fsp3) is 0.562. The second-order valence-electron chi connectivity index (χ2n) is 5.81. The Labute approximate surface area is 126 Å². The van der Waals surface area contributed by atoms with Gasteiger partial charge in [-0.2, -0.15) is 0 Å². The lowest BCUT2D eigenvalue weighted by molar-refractivity contribution is -0.710. The first-order chi connectivity index (χ1) is 9.56. The van der Waals surface area contributed by atoms with E-state index in [4.69, 9.17) is 11.6 Å². The van der Waals surface area contributed by atoms with Crippen LogP contribution in [0.15, 0.2) is 24.3 Å². The van der Waals surface area contributed by atoms with E-state index in [1.165, 1.54) is 18.4 Å². The Morgan fingerprint density at radius 2 is 1.85 bits per heavy atom. The molecule has 1 aliphatic rings. The van der Waals surface area contributed by atoms with Crippen molar-refractivity contribution in [2.75, 3.05) is 0 Å². The molecule has 1 amide bonds. The predicted molar refractivity (Wildman–Crippen MR) is 81.7 cm³/mol. The molecule has 2 atom stereocenters. The summed E-state index contributed by atoms with van der Waals surface area (Å²) in [6, 6.07) is 8.40. The monoisotopic (exact) mass is 295 g/mol. The third kappa shape index (κ3) is 4.22. The minimum atomic E-state index is -0.0683. The van der Waals surface area contributed by atoms with Crippen molar-refractivity contribution >= 4 is 17.5 Å². The average molecular weight is 296 g/mol. The number of benzene rings is 1. The number of quaternary nitrogens is 1. The topological polar surface area (TPSA) is 45.7 Å². The van der Waals surface area contributed by atoms with Crippen LogP contribution >= 0.6 is 11.6 Å². The van der Waals surface area contributed by atoms with Crippen LogP contribution < -0.4 is 10.6 Å². The number of rotatable bonds is 5. The van der Waals surface area contributed by atoms with Crippen molar-refractivity contribution < 1.29 is 10.1 Å². The van der Waals surface area contributed by atoms with Gasteiger partial charge in [-0.3, -0.25) is 4.79 Å². The van der Waals surface area contributed by atoms with Crippen LogP contribution in [0.5, 0.6) is 0 Å². The number of hydrogen-bond acceptors (Lipinski definition) is 1. The molecule has 4 heteroatoms. The van der Waals surface area contributed by atoms with Crippen LogP contribution in [-0.4, -0.2) is 18.0 Å². The highest BCUT2D eigenvalue weighted by molar-refractivity contribution is 6.30. The highest BCUT2D eigenvalue weighted by Crippen LogP contribution is 2.17. The smallest absolute Gasteiger partial charge is 0.278 e. The number of carbonyl (C=O) groups excluding carboxylic acids is 1. The van der Waals surface area contributed by atoms with Crippen LogP contribution in [0.2, 0.25) is 5.02 Å². The first-order valence-corrected chi connectivity index (χ1v) is 7.85. The predicted octanol–water partition coefficient (Wildman–Crippen LogP) is 2.41. The zero-order chi connectivity index (χ0) is 14.5. The maximum absolute atomic E-state index is 12.2. The van der Waals surface area contributed by atoms with Gasteiger partial charge < -0.3 is 10.6 Å². The van der Waals surface area contributed by atoms with Crippen molar-refractivity contribution in [1.82, 2.24) is 5.32 Å². The van der Waals surface area contributed by atoms with Crippen LogP contribution in [0, 0.1) is 0 Å². The Kier molecular flexibility index (Phi) is 5.44. The van der Waals surface area contributed by atoms with Crippen LogP contribution in [0.25, 0.3) is 0 Å². The molecule has 110 valence electrons. The first-order valence-electron chi connectivity index (χ1n) is 7.47. The van der Waals surface area contributed by atoms with E-state index in [9.17, 15) is 4.79 Å². The van der Waals surface area contributed by atoms with Gasteiger partial charge in [-0.25, -0.2) is 0 Å². The van der Waals surface area contributed by atoms with E-state index in [0.29, 0.717) is 6.04 Å². The van der Waals surface area contributed by atoms with Crippen molar-refractivity contribution in [2.45, 2.75) is 57.7 Å². The minimum Gasteiger partial charge on any atom is -0.348 e. The van der Waals surface area contributed by atoms with Crippen molar-refractivity contribution in [1.29, 1.82) is 0 Å². The second kappa shape index (κ2) is 7.09. The third-order valence-electron chi connectivity index (χ3n) is 4.09. The molecule has 0 bridgehead atoms. The van der Waals surface area contributed by atoms with Gasteiger partial charge in [0.15, 0.2) is 6.04 Å². The summed E-state index contributed by atoms with van der Waals surface area (Å²) in [5.74, 6) is 0.151. The molecule has 0 aliphatic heterocycles. The highest BCUT2D eigenvalue weighted by Gasteiger charge is 2.24. The van der Waals surface area contributed by atoms with Gasteiger partial charge in [0.1, 0.15) is 6.04 Å². The van der Waals surface area contributed by atoms with Crippen molar-refractivity contribution in [3.63, 3.8) is 0 Å². The fourth-order valence-corrected chi connectivity index (χ4v) is 2.93. The maximum Gasteiger partial charge on any atom is 0.278 e. The number of nitrogens with two attached hydrogens (primary N) is 1. The molecule has 0 radical (unpaired) electrons. The lowest BCUT2D eigenvalue weighted by Gasteiger charge is -2.19. The number of carbonyl (C=O) groups is 1. The SMILES string of the molecule is C[C@@H]([NH2+][C@H](C)c1ccc(Cl)cc1)C(=O)NC1CCCC1. The molecule has 0 spiro atoms. The van der Waals surface area contributed by atoms with Crippen LogP contribution in [0.4, 0.5) is 0 Å². The van der Waals surface area contributed by atoms with Crippen LogP contribution in [0.3, 0.4) is 0 Å². The van der Waals surface area contributed by atoms with E-state index in [-0.39, 0.29) is 18.0 Å². The maximum atomic E-state index is 12.2. The molecule has 20 heavy (non-hydrogen) atoms. The van der Waals surface area contributed by atoms with Gasteiger partial charge in [-0.15, -0.1) is 0 Å². The quantitative estimate of drug-likeness (QED) is 0.861. The molecule has 3 nitrogen and oxygen atoms in total. The van der Waals surface area contributed by atoms with E-state index in [1.807, 2.05) is 31.2 Å². The molecule has 0 saturated heterocycles. The fourth-order valence-electron chi connectivity index (χ4n) is 2.80. The molecule has 0 heterocycles. The second-order valence-corrected chi connectivity index (χ2v) is 6.25. The lowest BCUT2D eigenvalue weighted by Crippen LogP contribution is -2.92. The third-order valence-corrected chi connectivity index (χ3v) is 4.34. The molecule has 3 N–H and O–H groups in total. The largest absolute Gasteiger partial charge is 0.348 e. The van der Waals surface area contributed by atoms with Gasteiger partial charge in [0.2, 0.25) is 0 Å². The lowest BCUT2D eigenvalue weighted by atomic mass is 10.1.